The highest BCUT2D eigenvalue weighted by molar-refractivity contribution is 6.04. The smallest absolute Gasteiger partial charge is 0.132 e. The monoisotopic (exact) mass is 700 g/mol. The van der Waals surface area contributed by atoms with Gasteiger partial charge in [0.15, 0.2) is 0 Å². The van der Waals surface area contributed by atoms with Gasteiger partial charge in [-0.05, 0) is 84.6 Å². The molecule has 1 aliphatic carbocycles. The van der Waals surface area contributed by atoms with Crippen molar-refractivity contribution in [2.75, 3.05) is 0 Å². The molecule has 0 N–H and O–H groups in total. The van der Waals surface area contributed by atoms with E-state index in [-0.39, 0.29) is 0 Å². The average molecular weight is 701 g/mol. The second-order valence-electron chi connectivity index (χ2n) is 14.7. The molecule has 1 nitrogen and oxygen atoms in total. The van der Waals surface area contributed by atoms with E-state index in [4.69, 9.17) is 4.74 Å². The summed E-state index contributed by atoms with van der Waals surface area (Å²) in [4.78, 5) is 0. The Morgan fingerprint density at radius 1 is 0.327 bits per heavy atom. The predicted molar refractivity (Wildman–Crippen MR) is 225 cm³/mol. The molecule has 0 fully saturated rings. The molecule has 0 spiro atoms. The van der Waals surface area contributed by atoms with Crippen LogP contribution in [0.3, 0.4) is 0 Å². The van der Waals surface area contributed by atoms with Gasteiger partial charge < -0.3 is 4.74 Å². The molecule has 0 saturated heterocycles. The van der Waals surface area contributed by atoms with Gasteiger partial charge in [0.25, 0.3) is 0 Å². The molecule has 1 heteroatoms. The third-order valence-electron chi connectivity index (χ3n) is 12.1. The molecule has 0 radical (unpaired) electrons. The van der Waals surface area contributed by atoms with Crippen LogP contribution in [0.15, 0.2) is 218 Å². The average Bonchev–Trinajstić information content (AvgIpc) is 3.57. The van der Waals surface area contributed by atoms with Crippen LogP contribution >= 0.6 is 0 Å². The van der Waals surface area contributed by atoms with Gasteiger partial charge in [-0.1, -0.05) is 200 Å². The van der Waals surface area contributed by atoms with E-state index >= 15 is 0 Å². The largest absolute Gasteiger partial charge is 0.457 e. The van der Waals surface area contributed by atoms with Crippen molar-refractivity contribution in [2.45, 2.75) is 10.8 Å². The lowest BCUT2D eigenvalue weighted by Crippen LogP contribution is -2.34. The van der Waals surface area contributed by atoms with Crippen LogP contribution < -0.4 is 4.74 Å². The number of hydrogen-bond donors (Lipinski definition) is 0. The topological polar surface area (TPSA) is 9.23 Å². The van der Waals surface area contributed by atoms with E-state index in [2.05, 4.69) is 218 Å². The van der Waals surface area contributed by atoms with Crippen LogP contribution in [-0.2, 0) is 10.8 Å². The van der Waals surface area contributed by atoms with Crippen LogP contribution in [0.25, 0.3) is 33.0 Å². The molecule has 0 bridgehead atoms. The van der Waals surface area contributed by atoms with Crippen LogP contribution in [0.4, 0.5) is 0 Å². The zero-order chi connectivity index (χ0) is 36.4. The number of fused-ring (bicyclic) bond motifs is 7. The zero-order valence-electron chi connectivity index (χ0n) is 30.2. The predicted octanol–water partition coefficient (Wildman–Crippen LogP) is 13.4. The molecule has 1 heterocycles. The molecule has 11 rings (SSSR count). The van der Waals surface area contributed by atoms with Crippen LogP contribution in [0.5, 0.6) is 11.5 Å². The van der Waals surface area contributed by atoms with Gasteiger partial charge >= 0.3 is 0 Å². The Morgan fingerprint density at radius 3 is 1.53 bits per heavy atom. The van der Waals surface area contributed by atoms with E-state index in [0.29, 0.717) is 0 Å². The van der Waals surface area contributed by atoms with Gasteiger partial charge in [0.05, 0.1) is 10.8 Å². The number of benzene rings is 9. The van der Waals surface area contributed by atoms with Crippen molar-refractivity contribution < 1.29 is 4.74 Å². The summed E-state index contributed by atoms with van der Waals surface area (Å²) >= 11 is 0. The van der Waals surface area contributed by atoms with E-state index in [9.17, 15) is 0 Å². The van der Waals surface area contributed by atoms with Crippen LogP contribution in [0.2, 0.25) is 0 Å². The van der Waals surface area contributed by atoms with Crippen molar-refractivity contribution >= 4 is 10.8 Å². The normalized spacial score (nSPS) is 14.3. The van der Waals surface area contributed by atoms with Crippen molar-refractivity contribution in [1.82, 2.24) is 0 Å². The molecule has 0 atom stereocenters. The van der Waals surface area contributed by atoms with Gasteiger partial charge in [0.2, 0.25) is 0 Å². The molecule has 0 unspecified atom stereocenters. The molecule has 1 aliphatic heterocycles. The Labute approximate surface area is 321 Å². The lowest BCUT2D eigenvalue weighted by molar-refractivity contribution is 0.435. The van der Waals surface area contributed by atoms with Crippen molar-refractivity contribution in [3.05, 3.63) is 263 Å². The molecule has 0 saturated carbocycles. The first-order chi connectivity index (χ1) is 27.3. The first-order valence-electron chi connectivity index (χ1n) is 19.1. The van der Waals surface area contributed by atoms with Gasteiger partial charge in [0.1, 0.15) is 11.5 Å². The molecular formula is C54H36O. The Hall–Kier alpha value is -6.96. The Kier molecular flexibility index (Phi) is 7.06. The van der Waals surface area contributed by atoms with Crippen LogP contribution in [0, 0.1) is 0 Å². The van der Waals surface area contributed by atoms with Gasteiger partial charge in [-0.25, -0.2) is 0 Å². The van der Waals surface area contributed by atoms with E-state index in [0.717, 1.165) is 33.8 Å². The maximum Gasteiger partial charge on any atom is 0.132 e. The lowest BCUT2D eigenvalue weighted by atomic mass is 9.62. The highest BCUT2D eigenvalue weighted by Gasteiger charge is 2.49. The quantitative estimate of drug-likeness (QED) is 0.174. The molecule has 2 aliphatic rings. The highest BCUT2D eigenvalue weighted by Crippen LogP contribution is 2.61. The first kappa shape index (κ1) is 31.6. The molecule has 0 aromatic heterocycles. The minimum absolute atomic E-state index is 0.541. The Bertz CT molecular complexity index is 2800. The maximum absolute atomic E-state index is 6.91. The number of para-hydroxylation sites is 1. The summed E-state index contributed by atoms with van der Waals surface area (Å²) in [6.07, 6.45) is 0. The number of ether oxygens (including phenoxy) is 1. The summed E-state index contributed by atoms with van der Waals surface area (Å²) in [5.74, 6) is 1.75. The molecule has 9 aromatic carbocycles. The van der Waals surface area contributed by atoms with Crippen molar-refractivity contribution in [1.29, 1.82) is 0 Å². The minimum atomic E-state index is -0.641. The van der Waals surface area contributed by atoms with Gasteiger partial charge in [-0.2, -0.15) is 0 Å². The molecule has 258 valence electrons. The van der Waals surface area contributed by atoms with Crippen molar-refractivity contribution in [3.8, 4) is 33.8 Å². The van der Waals surface area contributed by atoms with E-state index in [1.165, 1.54) is 55.3 Å². The van der Waals surface area contributed by atoms with Crippen LogP contribution in [-0.4, -0.2) is 0 Å². The molecule has 0 amide bonds. The molecular weight excluding hydrogens is 665 g/mol. The summed E-state index contributed by atoms with van der Waals surface area (Å²) in [7, 11) is 0. The third kappa shape index (κ3) is 4.41. The summed E-state index contributed by atoms with van der Waals surface area (Å²) in [6, 6.07) is 80.0. The van der Waals surface area contributed by atoms with Gasteiger partial charge in [0, 0.05) is 11.1 Å². The van der Waals surface area contributed by atoms with E-state index < -0.39 is 10.8 Å². The SMILES string of the molecule is c1ccc(C2(c3ccccc3)c3cc(-c4cccc5c4C(c4ccccc4)(c4ccccc4)c4ccccc4O5)ccc3-c3c2ccc2ccccc32)cc1. The number of hydrogen-bond acceptors (Lipinski definition) is 1. The zero-order valence-corrected chi connectivity index (χ0v) is 30.2. The van der Waals surface area contributed by atoms with Crippen LogP contribution in [0.1, 0.15) is 44.5 Å². The lowest BCUT2D eigenvalue weighted by Gasteiger charge is -2.42. The number of rotatable bonds is 5. The summed E-state index contributed by atoms with van der Waals surface area (Å²) < 4.78 is 6.91. The minimum Gasteiger partial charge on any atom is -0.457 e. The van der Waals surface area contributed by atoms with Gasteiger partial charge in [-0.15, -0.1) is 0 Å². The Morgan fingerprint density at radius 2 is 0.873 bits per heavy atom. The Balaban J connectivity index is 1.26. The van der Waals surface area contributed by atoms with Crippen molar-refractivity contribution in [2.24, 2.45) is 0 Å². The molecule has 9 aromatic rings. The second kappa shape index (κ2) is 12.3. The maximum atomic E-state index is 6.91. The fraction of sp³-hybridized carbons (Fsp3) is 0.0370. The molecule has 55 heavy (non-hydrogen) atoms. The second-order valence-corrected chi connectivity index (χ2v) is 14.7. The summed E-state index contributed by atoms with van der Waals surface area (Å²) in [6.45, 7) is 0. The summed E-state index contributed by atoms with van der Waals surface area (Å²) in [5, 5.41) is 2.52. The fourth-order valence-electron chi connectivity index (χ4n) is 9.93. The fourth-order valence-corrected chi connectivity index (χ4v) is 9.93. The van der Waals surface area contributed by atoms with Gasteiger partial charge in [-0.3, -0.25) is 0 Å². The first-order valence-corrected chi connectivity index (χ1v) is 19.1. The van der Waals surface area contributed by atoms with E-state index in [1.54, 1.807) is 0 Å². The van der Waals surface area contributed by atoms with E-state index in [1.807, 2.05) is 0 Å². The standard InChI is InChI=1S/C54H36O/c1-5-19-39(20-6-1)53(40-21-7-2-8-22-40)47-35-33-37-18-13-14-27-43(37)51(47)45-34-32-38(36-48(45)53)44-28-17-31-50-52(44)54(41-23-9-3-10-24-41,42-25-11-4-12-26-42)46-29-15-16-30-49(46)55-50/h1-36H. The van der Waals surface area contributed by atoms with Crippen molar-refractivity contribution in [3.63, 3.8) is 0 Å². The highest BCUT2D eigenvalue weighted by atomic mass is 16.5. The third-order valence-corrected chi connectivity index (χ3v) is 12.1. The summed E-state index contributed by atoms with van der Waals surface area (Å²) in [5.41, 5.74) is 13.5.